The number of aryl methyl sites for hydroxylation is 3. The van der Waals surface area contributed by atoms with Crippen LogP contribution in [0.1, 0.15) is 48.4 Å². The Morgan fingerprint density at radius 1 is 1.00 bits per heavy atom. The van der Waals surface area contributed by atoms with Crippen molar-refractivity contribution in [2.75, 3.05) is 11.3 Å². The van der Waals surface area contributed by atoms with E-state index >= 15 is 0 Å². The lowest BCUT2D eigenvalue weighted by atomic mass is 9.95. The molecule has 0 radical (unpaired) electrons. The number of carboxylic acids is 1. The zero-order chi connectivity index (χ0) is 26.6. The molecule has 3 N–H and O–H groups in total. The number of hydrogen-bond acceptors (Lipinski definition) is 4. The number of aliphatic carboxylic acids is 1. The largest absolute Gasteiger partial charge is 0.490 e. The van der Waals surface area contributed by atoms with Gasteiger partial charge in [0.15, 0.2) is 0 Å². The van der Waals surface area contributed by atoms with Gasteiger partial charge in [-0.15, -0.1) is 0 Å². The van der Waals surface area contributed by atoms with Gasteiger partial charge in [-0.05, 0) is 80.5 Å². The number of nitrogens with one attached hydrogen (secondary N) is 2. The number of carboxylic acid groups (broad SMARTS) is 1. The van der Waals surface area contributed by atoms with Gasteiger partial charge in [0.25, 0.3) is 10.0 Å². The smallest absolute Gasteiger partial charge is 0.475 e. The van der Waals surface area contributed by atoms with Gasteiger partial charge in [-0.25, -0.2) is 13.2 Å². The zero-order valence-corrected chi connectivity index (χ0v) is 20.7. The van der Waals surface area contributed by atoms with Crippen LogP contribution in [0.25, 0.3) is 0 Å². The molecule has 0 spiro atoms. The molecular formula is C24H29F3N2O5S. The van der Waals surface area contributed by atoms with Crippen molar-refractivity contribution in [3.8, 4) is 0 Å². The van der Waals surface area contributed by atoms with Crippen LogP contribution in [0.5, 0.6) is 0 Å². The van der Waals surface area contributed by atoms with E-state index in [1.165, 1.54) is 0 Å². The van der Waals surface area contributed by atoms with Crippen LogP contribution in [-0.4, -0.2) is 38.1 Å². The fraction of sp³-hybridized carbons (Fsp3) is 0.417. The molecule has 0 unspecified atom stereocenters. The molecule has 1 aliphatic rings. The molecule has 1 fully saturated rings. The molecule has 0 bridgehead atoms. The van der Waals surface area contributed by atoms with Crippen LogP contribution in [-0.2, 0) is 25.0 Å². The molecule has 1 saturated carbocycles. The summed E-state index contributed by atoms with van der Waals surface area (Å²) in [6, 6.07) is 10.8. The summed E-state index contributed by atoms with van der Waals surface area (Å²) in [5.41, 5.74) is 3.71. The van der Waals surface area contributed by atoms with Crippen LogP contribution >= 0.6 is 0 Å². The molecular weight excluding hydrogens is 485 g/mol. The summed E-state index contributed by atoms with van der Waals surface area (Å²) in [6.07, 6.45) is -2.52. The van der Waals surface area contributed by atoms with E-state index in [1.54, 1.807) is 25.1 Å². The third-order valence-corrected chi connectivity index (χ3v) is 7.26. The third-order valence-electron chi connectivity index (χ3n) is 5.73. The first-order valence-electron chi connectivity index (χ1n) is 10.9. The Balaban J connectivity index is 0.000000540. The first kappa shape index (κ1) is 28.2. The van der Waals surface area contributed by atoms with Gasteiger partial charge in [-0.3, -0.25) is 9.52 Å². The third kappa shape index (κ3) is 6.97. The second-order valence-electron chi connectivity index (χ2n) is 8.53. The average Bonchev–Trinajstić information content (AvgIpc) is 3.56. The SMILES string of the molecule is CCCNC(=O)C1(c2ccc(NS(=O)(=O)c3cc(C)c(C)cc3C)cc2)CC1.O=C(O)C(F)(F)F. The predicted molar refractivity (Wildman–Crippen MR) is 126 cm³/mol. The fourth-order valence-corrected chi connectivity index (χ4v) is 4.84. The summed E-state index contributed by atoms with van der Waals surface area (Å²) in [6.45, 7) is 8.37. The van der Waals surface area contributed by atoms with Crippen molar-refractivity contribution in [3.05, 3.63) is 58.7 Å². The molecule has 1 aliphatic carbocycles. The number of carbonyl (C=O) groups excluding carboxylic acids is 1. The number of hydrogen-bond donors (Lipinski definition) is 3. The monoisotopic (exact) mass is 514 g/mol. The highest BCUT2D eigenvalue weighted by Gasteiger charge is 2.51. The number of amides is 1. The maximum Gasteiger partial charge on any atom is 0.490 e. The van der Waals surface area contributed by atoms with E-state index in [4.69, 9.17) is 9.90 Å². The standard InChI is InChI=1S/C22H28N2O3S.C2HF3O2/c1-5-12-23-21(25)22(10-11-22)18-6-8-19(9-7-18)24-28(26,27)20-14-16(3)15(2)13-17(20)4;3-2(4,5)1(6)7/h6-9,13-14,24H,5,10-12H2,1-4H3,(H,23,25);(H,6,7). The average molecular weight is 515 g/mol. The van der Waals surface area contributed by atoms with Gasteiger partial charge in [0.2, 0.25) is 5.91 Å². The van der Waals surface area contributed by atoms with E-state index in [-0.39, 0.29) is 10.8 Å². The van der Waals surface area contributed by atoms with E-state index in [9.17, 15) is 26.4 Å². The van der Waals surface area contributed by atoms with Crippen LogP contribution < -0.4 is 10.0 Å². The van der Waals surface area contributed by atoms with E-state index in [2.05, 4.69) is 10.0 Å². The van der Waals surface area contributed by atoms with Crippen molar-refractivity contribution in [2.24, 2.45) is 0 Å². The van der Waals surface area contributed by atoms with Gasteiger partial charge >= 0.3 is 12.1 Å². The summed E-state index contributed by atoms with van der Waals surface area (Å²) in [7, 11) is -3.67. The minimum Gasteiger partial charge on any atom is -0.475 e. The van der Waals surface area contributed by atoms with Crippen LogP contribution in [0.4, 0.5) is 18.9 Å². The molecule has 35 heavy (non-hydrogen) atoms. The van der Waals surface area contributed by atoms with Gasteiger partial charge in [0.05, 0.1) is 10.3 Å². The minimum atomic E-state index is -5.08. The first-order chi connectivity index (χ1) is 16.1. The van der Waals surface area contributed by atoms with Crippen molar-refractivity contribution < 1.29 is 36.3 Å². The second-order valence-corrected chi connectivity index (χ2v) is 10.2. The molecule has 2 aromatic carbocycles. The normalized spacial score (nSPS) is 14.4. The van der Waals surface area contributed by atoms with Gasteiger partial charge < -0.3 is 10.4 Å². The molecule has 0 aromatic heterocycles. The number of halogens is 3. The van der Waals surface area contributed by atoms with Crippen molar-refractivity contribution in [1.82, 2.24) is 5.32 Å². The lowest BCUT2D eigenvalue weighted by Gasteiger charge is -2.17. The van der Waals surface area contributed by atoms with Gasteiger partial charge in [0, 0.05) is 12.2 Å². The maximum atomic E-state index is 12.8. The highest BCUT2D eigenvalue weighted by atomic mass is 32.2. The Bertz CT molecular complexity index is 1190. The predicted octanol–water partition coefficient (Wildman–Crippen LogP) is 4.60. The van der Waals surface area contributed by atoms with Crippen molar-refractivity contribution >= 4 is 27.6 Å². The Labute approximate surface area is 202 Å². The lowest BCUT2D eigenvalue weighted by molar-refractivity contribution is -0.192. The Morgan fingerprint density at radius 2 is 1.51 bits per heavy atom. The van der Waals surface area contributed by atoms with Crippen molar-refractivity contribution in [1.29, 1.82) is 0 Å². The Kier molecular flexibility index (Phi) is 8.59. The fourth-order valence-electron chi connectivity index (χ4n) is 3.47. The zero-order valence-electron chi connectivity index (χ0n) is 19.9. The van der Waals surface area contributed by atoms with Crippen molar-refractivity contribution in [3.63, 3.8) is 0 Å². The van der Waals surface area contributed by atoms with E-state index in [1.807, 2.05) is 39.0 Å². The molecule has 0 heterocycles. The molecule has 0 atom stereocenters. The molecule has 2 aromatic rings. The van der Waals surface area contributed by atoms with E-state index in [0.29, 0.717) is 12.2 Å². The van der Waals surface area contributed by atoms with Gasteiger partial charge in [0.1, 0.15) is 0 Å². The quantitative estimate of drug-likeness (QED) is 0.500. The van der Waals surface area contributed by atoms with Gasteiger partial charge in [-0.1, -0.05) is 25.1 Å². The molecule has 3 rings (SSSR count). The summed E-state index contributed by atoms with van der Waals surface area (Å²) < 4.78 is 60.1. The molecule has 0 saturated heterocycles. The van der Waals surface area contributed by atoms with E-state index < -0.39 is 27.6 Å². The molecule has 11 heteroatoms. The number of rotatable bonds is 7. The molecule has 0 aliphatic heterocycles. The van der Waals surface area contributed by atoms with Crippen LogP contribution in [0.3, 0.4) is 0 Å². The maximum absolute atomic E-state index is 12.8. The number of sulfonamides is 1. The number of carbonyl (C=O) groups is 2. The van der Waals surface area contributed by atoms with Crippen LogP contribution in [0, 0.1) is 20.8 Å². The molecule has 7 nitrogen and oxygen atoms in total. The summed E-state index contributed by atoms with van der Waals surface area (Å²) in [5.74, 6) is -2.69. The van der Waals surface area contributed by atoms with E-state index in [0.717, 1.165) is 41.5 Å². The number of anilines is 1. The summed E-state index contributed by atoms with van der Waals surface area (Å²) in [5, 5.41) is 10.1. The minimum absolute atomic E-state index is 0.0634. The number of benzene rings is 2. The first-order valence-corrected chi connectivity index (χ1v) is 12.4. The summed E-state index contributed by atoms with van der Waals surface area (Å²) >= 11 is 0. The van der Waals surface area contributed by atoms with Gasteiger partial charge in [-0.2, -0.15) is 13.2 Å². The topological polar surface area (TPSA) is 113 Å². The highest BCUT2D eigenvalue weighted by molar-refractivity contribution is 7.92. The lowest BCUT2D eigenvalue weighted by Crippen LogP contribution is -2.35. The van der Waals surface area contributed by atoms with Crippen molar-refractivity contribution in [2.45, 2.75) is 63.4 Å². The molecule has 192 valence electrons. The molecule has 1 amide bonds. The van der Waals surface area contributed by atoms with Crippen LogP contribution in [0.15, 0.2) is 41.3 Å². The second kappa shape index (κ2) is 10.7. The highest BCUT2D eigenvalue weighted by Crippen LogP contribution is 2.48. The Hall–Kier alpha value is -3.08. The van der Waals surface area contributed by atoms with Crippen LogP contribution in [0.2, 0.25) is 0 Å². The Morgan fingerprint density at radius 3 is 1.97 bits per heavy atom. The number of alkyl halides is 3. The summed E-state index contributed by atoms with van der Waals surface area (Å²) in [4.78, 5) is 21.6.